The van der Waals surface area contributed by atoms with E-state index in [1.165, 1.54) is 16.9 Å². The highest BCUT2D eigenvalue weighted by Gasteiger charge is 2.15. The van der Waals surface area contributed by atoms with Crippen LogP contribution in [0.15, 0.2) is 84.2 Å². The molecule has 0 radical (unpaired) electrons. The van der Waals surface area contributed by atoms with Crippen molar-refractivity contribution in [1.29, 1.82) is 0 Å². The van der Waals surface area contributed by atoms with E-state index in [2.05, 4.69) is 36.4 Å². The quantitative estimate of drug-likeness (QED) is 0.296. The van der Waals surface area contributed by atoms with Crippen LogP contribution in [0.5, 0.6) is 11.5 Å². The third-order valence-electron chi connectivity index (χ3n) is 5.09. The van der Waals surface area contributed by atoms with Crippen LogP contribution < -0.4 is 15.4 Å². The number of aromatic nitrogens is 1. The summed E-state index contributed by atoms with van der Waals surface area (Å²) in [6.07, 6.45) is 0. The van der Waals surface area contributed by atoms with Gasteiger partial charge in [-0.1, -0.05) is 51.1 Å². The highest BCUT2D eigenvalue weighted by molar-refractivity contribution is 7.80. The molecule has 0 saturated carbocycles. The molecular weight excluding hydrogens is 462 g/mol. The van der Waals surface area contributed by atoms with Gasteiger partial charge >= 0.3 is 0 Å². The number of anilines is 1. The van der Waals surface area contributed by atoms with Gasteiger partial charge in [0.25, 0.3) is 5.91 Å². The van der Waals surface area contributed by atoms with E-state index in [0.29, 0.717) is 10.7 Å². The summed E-state index contributed by atoms with van der Waals surface area (Å²) in [5, 5.41) is 8.45. The van der Waals surface area contributed by atoms with Crippen LogP contribution in [0.1, 0.15) is 36.7 Å². The molecule has 1 aromatic heterocycles. The number of hydrogen-bond acceptors (Lipinski definition) is 5. The van der Waals surface area contributed by atoms with Crippen molar-refractivity contribution in [3.8, 4) is 22.8 Å². The fourth-order valence-electron chi connectivity index (χ4n) is 3.21. The summed E-state index contributed by atoms with van der Waals surface area (Å²) in [5.41, 5.74) is 3.52. The van der Waals surface area contributed by atoms with Gasteiger partial charge in [-0.2, -0.15) is 0 Å². The number of amides is 1. The molecule has 3 aromatic carbocycles. The zero-order valence-electron chi connectivity index (χ0n) is 19.2. The molecule has 1 heterocycles. The lowest BCUT2D eigenvalue weighted by molar-refractivity contribution is 0.0977. The molecule has 0 unspecified atom stereocenters. The Hall–Kier alpha value is -3.55. The summed E-state index contributed by atoms with van der Waals surface area (Å²) in [7, 11) is 0. The van der Waals surface area contributed by atoms with Gasteiger partial charge in [-0.05, 0) is 71.7 Å². The lowest BCUT2D eigenvalue weighted by Gasteiger charge is -2.19. The first-order chi connectivity index (χ1) is 16.3. The minimum Gasteiger partial charge on any atom is -0.457 e. The first-order valence-electron chi connectivity index (χ1n) is 10.8. The van der Waals surface area contributed by atoms with Crippen molar-refractivity contribution in [2.45, 2.75) is 26.2 Å². The standard InChI is InChI=1S/C27H25N3O2S2/c1-27(2,3)20-13-9-19(10-14-20)24(31)29-25(33)30-26-28-23(17-34-26)18-11-15-22(16-12-18)32-21-7-5-4-6-8-21/h4-17H,1-3H3,(H2,28,29,30,31,33). The lowest BCUT2D eigenvalue weighted by Crippen LogP contribution is -2.34. The lowest BCUT2D eigenvalue weighted by atomic mass is 9.87. The van der Waals surface area contributed by atoms with Gasteiger partial charge in [-0.3, -0.25) is 10.1 Å². The number of nitrogens with one attached hydrogen (secondary N) is 2. The van der Waals surface area contributed by atoms with Crippen LogP contribution in [0.4, 0.5) is 5.13 Å². The molecule has 0 saturated heterocycles. The smallest absolute Gasteiger partial charge is 0.257 e. The molecule has 0 spiro atoms. The van der Waals surface area contributed by atoms with E-state index in [0.717, 1.165) is 22.8 Å². The second-order valence-electron chi connectivity index (χ2n) is 8.71. The fraction of sp³-hybridized carbons (Fsp3) is 0.148. The number of carbonyl (C=O) groups is 1. The number of para-hydroxylation sites is 1. The molecule has 2 N–H and O–H groups in total. The van der Waals surface area contributed by atoms with Crippen LogP contribution in [-0.4, -0.2) is 16.0 Å². The average Bonchev–Trinajstić information content (AvgIpc) is 3.28. The van der Waals surface area contributed by atoms with Gasteiger partial charge in [0.05, 0.1) is 5.69 Å². The van der Waals surface area contributed by atoms with Gasteiger partial charge < -0.3 is 10.1 Å². The number of hydrogen-bond donors (Lipinski definition) is 2. The first-order valence-corrected chi connectivity index (χ1v) is 12.1. The van der Waals surface area contributed by atoms with Gasteiger partial charge in [0.1, 0.15) is 11.5 Å². The van der Waals surface area contributed by atoms with Crippen molar-refractivity contribution >= 4 is 39.7 Å². The normalized spacial score (nSPS) is 11.0. The molecule has 34 heavy (non-hydrogen) atoms. The maximum Gasteiger partial charge on any atom is 0.257 e. The number of ether oxygens (including phenoxy) is 1. The third kappa shape index (κ3) is 6.07. The van der Waals surface area contributed by atoms with E-state index in [1.54, 1.807) is 0 Å². The maximum absolute atomic E-state index is 12.5. The molecule has 0 fully saturated rings. The van der Waals surface area contributed by atoms with Crippen LogP contribution in [0, 0.1) is 0 Å². The van der Waals surface area contributed by atoms with Crippen molar-refractivity contribution in [3.63, 3.8) is 0 Å². The average molecular weight is 488 g/mol. The van der Waals surface area contributed by atoms with Crippen molar-refractivity contribution in [3.05, 3.63) is 95.4 Å². The Morgan fingerprint density at radius 3 is 2.21 bits per heavy atom. The number of thiazole rings is 1. The van der Waals surface area contributed by atoms with Crippen molar-refractivity contribution < 1.29 is 9.53 Å². The van der Waals surface area contributed by atoms with E-state index in [1.807, 2.05) is 84.2 Å². The van der Waals surface area contributed by atoms with E-state index in [9.17, 15) is 4.79 Å². The Morgan fingerprint density at radius 2 is 1.56 bits per heavy atom. The largest absolute Gasteiger partial charge is 0.457 e. The van der Waals surface area contributed by atoms with E-state index in [-0.39, 0.29) is 16.4 Å². The van der Waals surface area contributed by atoms with Crippen LogP contribution in [0.2, 0.25) is 0 Å². The van der Waals surface area contributed by atoms with Crippen LogP contribution in [0.25, 0.3) is 11.3 Å². The number of benzene rings is 3. The van der Waals surface area contributed by atoms with Crippen LogP contribution >= 0.6 is 23.6 Å². The second kappa shape index (κ2) is 10.2. The zero-order chi connectivity index (χ0) is 24.1. The summed E-state index contributed by atoms with van der Waals surface area (Å²) in [6, 6.07) is 24.9. The monoisotopic (exact) mass is 487 g/mol. The summed E-state index contributed by atoms with van der Waals surface area (Å²) in [6.45, 7) is 6.41. The summed E-state index contributed by atoms with van der Waals surface area (Å²) < 4.78 is 5.84. The van der Waals surface area contributed by atoms with Gasteiger partial charge in [-0.15, -0.1) is 11.3 Å². The van der Waals surface area contributed by atoms with E-state index >= 15 is 0 Å². The number of rotatable bonds is 5. The Bertz CT molecular complexity index is 1280. The molecule has 172 valence electrons. The fourth-order valence-corrected chi connectivity index (χ4v) is 4.19. The Morgan fingerprint density at radius 1 is 0.912 bits per heavy atom. The van der Waals surface area contributed by atoms with Gasteiger partial charge in [0.15, 0.2) is 10.2 Å². The highest BCUT2D eigenvalue weighted by atomic mass is 32.1. The molecule has 4 aromatic rings. The molecule has 7 heteroatoms. The number of nitrogens with zero attached hydrogens (tertiary/aromatic N) is 1. The first kappa shape index (κ1) is 23.6. The molecule has 1 amide bonds. The Kier molecular flexibility index (Phi) is 7.05. The van der Waals surface area contributed by atoms with Gasteiger partial charge in [-0.25, -0.2) is 4.98 Å². The minimum absolute atomic E-state index is 0.0314. The molecule has 0 aliphatic carbocycles. The molecule has 0 aliphatic rings. The molecular formula is C27H25N3O2S2. The highest BCUT2D eigenvalue weighted by Crippen LogP contribution is 2.28. The molecule has 0 bridgehead atoms. The summed E-state index contributed by atoms with van der Waals surface area (Å²) >= 11 is 6.72. The van der Waals surface area contributed by atoms with E-state index in [4.69, 9.17) is 17.0 Å². The van der Waals surface area contributed by atoms with Crippen molar-refractivity contribution in [2.75, 3.05) is 5.32 Å². The third-order valence-corrected chi connectivity index (χ3v) is 6.06. The van der Waals surface area contributed by atoms with Crippen molar-refractivity contribution in [1.82, 2.24) is 10.3 Å². The molecule has 0 atom stereocenters. The minimum atomic E-state index is -0.260. The van der Waals surface area contributed by atoms with Gasteiger partial charge in [0, 0.05) is 16.5 Å². The van der Waals surface area contributed by atoms with Gasteiger partial charge in [0.2, 0.25) is 0 Å². The maximum atomic E-state index is 12.5. The zero-order valence-corrected chi connectivity index (χ0v) is 20.8. The van der Waals surface area contributed by atoms with E-state index < -0.39 is 0 Å². The predicted octanol–water partition coefficient (Wildman–Crippen LogP) is 7.03. The summed E-state index contributed by atoms with van der Waals surface area (Å²) in [5.74, 6) is 1.28. The topological polar surface area (TPSA) is 63.2 Å². The molecule has 5 nitrogen and oxygen atoms in total. The van der Waals surface area contributed by atoms with Crippen LogP contribution in [-0.2, 0) is 5.41 Å². The molecule has 4 rings (SSSR count). The SMILES string of the molecule is CC(C)(C)c1ccc(C(=O)NC(=S)Nc2nc(-c3ccc(Oc4ccccc4)cc3)cs2)cc1. The number of carbonyl (C=O) groups excluding carboxylic acids is 1. The molecule has 0 aliphatic heterocycles. The number of thiocarbonyl (C=S) groups is 1. The Balaban J connectivity index is 1.34. The van der Waals surface area contributed by atoms with Crippen molar-refractivity contribution in [2.24, 2.45) is 0 Å². The summed E-state index contributed by atoms with van der Waals surface area (Å²) in [4.78, 5) is 17.1. The Labute approximate surface area is 208 Å². The predicted molar refractivity (Wildman–Crippen MR) is 143 cm³/mol. The van der Waals surface area contributed by atoms with Crippen LogP contribution in [0.3, 0.4) is 0 Å². The second-order valence-corrected chi connectivity index (χ2v) is 9.98.